The van der Waals surface area contributed by atoms with Crippen molar-refractivity contribution in [2.45, 2.75) is 25.8 Å². The van der Waals surface area contributed by atoms with Crippen LogP contribution >= 0.6 is 0 Å². The zero-order valence-electron chi connectivity index (χ0n) is 15.4. The monoisotopic (exact) mass is 365 g/mol. The smallest absolute Gasteiger partial charge is 0.200 e. The van der Waals surface area contributed by atoms with E-state index >= 15 is 0 Å². The second kappa shape index (κ2) is 7.45. The van der Waals surface area contributed by atoms with Crippen molar-refractivity contribution in [1.29, 1.82) is 0 Å². The lowest BCUT2D eigenvalue weighted by Crippen LogP contribution is -2.29. The zero-order valence-corrected chi connectivity index (χ0v) is 15.4. The van der Waals surface area contributed by atoms with Crippen molar-refractivity contribution in [3.05, 3.63) is 58.4 Å². The maximum absolute atomic E-state index is 13.1. The molecule has 140 valence electrons. The molecule has 2 aromatic carbocycles. The fourth-order valence-electron chi connectivity index (χ4n) is 3.71. The average Bonchev–Trinajstić information content (AvgIpc) is 2.71. The molecule has 3 aromatic rings. The third-order valence-electron chi connectivity index (χ3n) is 5.25. The summed E-state index contributed by atoms with van der Waals surface area (Å²) < 4.78 is 11.0. The van der Waals surface area contributed by atoms with Gasteiger partial charge in [-0.1, -0.05) is 18.6 Å². The third kappa shape index (κ3) is 3.43. The van der Waals surface area contributed by atoms with Gasteiger partial charge in [0.25, 0.3) is 0 Å². The van der Waals surface area contributed by atoms with Crippen molar-refractivity contribution in [2.24, 2.45) is 0 Å². The Bertz CT molecular complexity index is 1000. The van der Waals surface area contributed by atoms with E-state index in [1.807, 2.05) is 24.3 Å². The first kappa shape index (κ1) is 17.6. The number of hydrogen-bond acceptors (Lipinski definition) is 5. The SMILES string of the molecule is COc1ccc(-c2coc3c(CN4CCCCC4)c(O)ccc3c2=O)cc1. The number of piperidine rings is 1. The number of hydrogen-bond donors (Lipinski definition) is 1. The quantitative estimate of drug-likeness (QED) is 0.752. The highest BCUT2D eigenvalue weighted by molar-refractivity contribution is 5.85. The maximum atomic E-state index is 13.1. The Morgan fingerprint density at radius 2 is 1.81 bits per heavy atom. The minimum absolute atomic E-state index is 0.0960. The van der Waals surface area contributed by atoms with Crippen LogP contribution in [0.3, 0.4) is 0 Å². The Labute approximate surface area is 157 Å². The first-order chi connectivity index (χ1) is 13.2. The van der Waals surface area contributed by atoms with Crippen molar-refractivity contribution in [2.75, 3.05) is 20.2 Å². The Balaban J connectivity index is 1.76. The molecule has 2 heterocycles. The number of phenolic OH excluding ortho intramolecular Hbond substituents is 1. The minimum atomic E-state index is -0.0960. The van der Waals surface area contributed by atoms with E-state index in [9.17, 15) is 9.90 Å². The summed E-state index contributed by atoms with van der Waals surface area (Å²) >= 11 is 0. The number of phenols is 1. The van der Waals surface area contributed by atoms with Crippen molar-refractivity contribution >= 4 is 11.0 Å². The molecule has 1 saturated heterocycles. The van der Waals surface area contributed by atoms with Gasteiger partial charge in [-0.05, 0) is 55.8 Å². The summed E-state index contributed by atoms with van der Waals surface area (Å²) in [6.45, 7) is 2.60. The van der Waals surface area contributed by atoms with E-state index in [1.54, 1.807) is 19.2 Å². The van der Waals surface area contributed by atoms with Crippen LogP contribution in [0.5, 0.6) is 11.5 Å². The van der Waals surface area contributed by atoms with Crippen LogP contribution < -0.4 is 10.2 Å². The molecule has 1 fully saturated rings. The highest BCUT2D eigenvalue weighted by Gasteiger charge is 2.18. The lowest BCUT2D eigenvalue weighted by atomic mass is 10.0. The van der Waals surface area contributed by atoms with Gasteiger partial charge >= 0.3 is 0 Å². The van der Waals surface area contributed by atoms with E-state index in [0.29, 0.717) is 28.6 Å². The molecule has 1 aliphatic rings. The average molecular weight is 365 g/mol. The molecule has 5 nitrogen and oxygen atoms in total. The molecule has 0 bridgehead atoms. The summed E-state index contributed by atoms with van der Waals surface area (Å²) in [6.07, 6.45) is 5.07. The number of likely N-dealkylation sites (tertiary alicyclic amines) is 1. The van der Waals surface area contributed by atoms with E-state index in [0.717, 1.165) is 37.2 Å². The van der Waals surface area contributed by atoms with E-state index in [-0.39, 0.29) is 11.2 Å². The number of rotatable bonds is 4. The minimum Gasteiger partial charge on any atom is -0.507 e. The van der Waals surface area contributed by atoms with Crippen LogP contribution in [0.2, 0.25) is 0 Å². The Morgan fingerprint density at radius 1 is 1.07 bits per heavy atom. The topological polar surface area (TPSA) is 62.9 Å². The second-order valence-electron chi connectivity index (χ2n) is 6.98. The van der Waals surface area contributed by atoms with E-state index in [2.05, 4.69) is 4.90 Å². The van der Waals surface area contributed by atoms with E-state index < -0.39 is 0 Å². The number of methoxy groups -OCH3 is 1. The molecule has 0 amide bonds. The molecular weight excluding hydrogens is 342 g/mol. The van der Waals surface area contributed by atoms with Crippen LogP contribution in [0.4, 0.5) is 0 Å². The number of benzene rings is 2. The summed E-state index contributed by atoms with van der Waals surface area (Å²) in [5, 5.41) is 10.9. The van der Waals surface area contributed by atoms with Gasteiger partial charge in [0.1, 0.15) is 23.3 Å². The van der Waals surface area contributed by atoms with Crippen molar-refractivity contribution in [3.8, 4) is 22.6 Å². The molecule has 0 radical (unpaired) electrons. The van der Waals surface area contributed by atoms with Crippen molar-refractivity contribution < 1.29 is 14.3 Å². The highest BCUT2D eigenvalue weighted by Crippen LogP contribution is 2.30. The van der Waals surface area contributed by atoms with Crippen molar-refractivity contribution in [3.63, 3.8) is 0 Å². The molecule has 0 unspecified atom stereocenters. The fraction of sp³-hybridized carbons (Fsp3) is 0.318. The molecule has 0 spiro atoms. The summed E-state index contributed by atoms with van der Waals surface area (Å²) in [4.78, 5) is 15.4. The predicted molar refractivity (Wildman–Crippen MR) is 105 cm³/mol. The standard InChI is InChI=1S/C22H23NO4/c1-26-16-7-5-15(6-8-16)19-14-27-22-17(21(19)25)9-10-20(24)18(22)13-23-11-3-2-4-12-23/h5-10,14,24H,2-4,11-13H2,1H3. The molecule has 1 N–H and O–H groups in total. The van der Waals surface area contributed by atoms with Gasteiger partial charge in [-0.25, -0.2) is 0 Å². The van der Waals surface area contributed by atoms with Crippen molar-refractivity contribution in [1.82, 2.24) is 4.90 Å². The maximum Gasteiger partial charge on any atom is 0.200 e. The third-order valence-corrected chi connectivity index (χ3v) is 5.25. The van der Waals surface area contributed by atoms with Gasteiger partial charge in [0, 0.05) is 6.54 Å². The number of fused-ring (bicyclic) bond motifs is 1. The summed E-state index contributed by atoms with van der Waals surface area (Å²) in [6, 6.07) is 10.5. The first-order valence-corrected chi connectivity index (χ1v) is 9.30. The molecule has 1 aromatic heterocycles. The van der Waals surface area contributed by atoms with Gasteiger partial charge in [-0.15, -0.1) is 0 Å². The Morgan fingerprint density at radius 3 is 2.52 bits per heavy atom. The number of nitrogens with zero attached hydrogens (tertiary/aromatic N) is 1. The zero-order chi connectivity index (χ0) is 18.8. The normalized spacial score (nSPS) is 15.1. The van der Waals surface area contributed by atoms with Crippen LogP contribution in [0.15, 0.2) is 51.9 Å². The fourth-order valence-corrected chi connectivity index (χ4v) is 3.71. The molecular formula is C22H23NO4. The van der Waals surface area contributed by atoms with Gasteiger partial charge in [0.2, 0.25) is 5.43 Å². The predicted octanol–water partition coefficient (Wildman–Crippen LogP) is 4.16. The van der Waals surface area contributed by atoms with Crippen LogP contribution in [0.1, 0.15) is 24.8 Å². The molecule has 5 heteroatoms. The largest absolute Gasteiger partial charge is 0.507 e. The van der Waals surface area contributed by atoms with E-state index in [4.69, 9.17) is 9.15 Å². The van der Waals surface area contributed by atoms with Crippen LogP contribution in [0.25, 0.3) is 22.1 Å². The summed E-state index contributed by atoms with van der Waals surface area (Å²) in [5.41, 5.74) is 2.34. The van der Waals surface area contributed by atoms with Crippen LogP contribution in [0, 0.1) is 0 Å². The van der Waals surface area contributed by atoms with E-state index in [1.165, 1.54) is 12.7 Å². The number of ether oxygens (including phenoxy) is 1. The molecule has 1 aliphatic heterocycles. The van der Waals surface area contributed by atoms with Gasteiger partial charge in [-0.2, -0.15) is 0 Å². The second-order valence-corrected chi connectivity index (χ2v) is 6.98. The van der Waals surface area contributed by atoms with Crippen LogP contribution in [-0.4, -0.2) is 30.2 Å². The summed E-state index contributed by atoms with van der Waals surface area (Å²) in [7, 11) is 1.61. The first-order valence-electron chi connectivity index (χ1n) is 9.30. The Hall–Kier alpha value is -2.79. The molecule has 0 aliphatic carbocycles. The lowest BCUT2D eigenvalue weighted by molar-refractivity contribution is 0.218. The van der Waals surface area contributed by atoms with Gasteiger partial charge < -0.3 is 14.3 Å². The van der Waals surface area contributed by atoms with Crippen LogP contribution in [-0.2, 0) is 6.54 Å². The molecule has 4 rings (SSSR count). The summed E-state index contributed by atoms with van der Waals surface area (Å²) in [5.74, 6) is 0.908. The highest BCUT2D eigenvalue weighted by atomic mass is 16.5. The van der Waals surface area contributed by atoms with Gasteiger partial charge in [0.05, 0.1) is 23.6 Å². The lowest BCUT2D eigenvalue weighted by Gasteiger charge is -2.26. The molecule has 0 saturated carbocycles. The molecule has 0 atom stereocenters. The van der Waals surface area contributed by atoms with Gasteiger partial charge in [0.15, 0.2) is 0 Å². The van der Waals surface area contributed by atoms with Gasteiger partial charge in [-0.3, -0.25) is 9.69 Å². The molecule has 27 heavy (non-hydrogen) atoms. The Kier molecular flexibility index (Phi) is 4.86. The number of aromatic hydroxyl groups is 1.